The molecule has 0 aliphatic carbocycles. The monoisotopic (exact) mass is 476 g/mol. The van der Waals surface area contributed by atoms with Crippen LogP contribution in [-0.2, 0) is 5.75 Å². The SMILES string of the molecule is Nc1nc(CSc2nnc(-c3cccs3)n2-c2ccccc2)nc(Nc2ccc(F)cc2)n1. The Labute approximate surface area is 196 Å². The fourth-order valence-corrected chi connectivity index (χ4v) is 4.59. The smallest absolute Gasteiger partial charge is 0.232 e. The number of nitrogen functional groups attached to an aromatic ring is 1. The second-order valence-electron chi connectivity index (χ2n) is 6.81. The van der Waals surface area contributed by atoms with Crippen molar-refractivity contribution in [1.82, 2.24) is 29.7 Å². The van der Waals surface area contributed by atoms with Crippen LogP contribution in [0.25, 0.3) is 16.4 Å². The zero-order chi connectivity index (χ0) is 22.6. The maximum Gasteiger partial charge on any atom is 0.232 e. The topological polar surface area (TPSA) is 107 Å². The number of thioether (sulfide) groups is 1. The van der Waals surface area contributed by atoms with Gasteiger partial charge in [-0.3, -0.25) is 4.57 Å². The van der Waals surface area contributed by atoms with Crippen molar-refractivity contribution in [2.24, 2.45) is 0 Å². The molecule has 3 aromatic heterocycles. The molecule has 164 valence electrons. The summed E-state index contributed by atoms with van der Waals surface area (Å²) in [5, 5.41) is 14.6. The van der Waals surface area contributed by atoms with Crippen LogP contribution >= 0.6 is 23.1 Å². The Hall–Kier alpha value is -3.83. The zero-order valence-electron chi connectivity index (χ0n) is 17.1. The van der Waals surface area contributed by atoms with E-state index in [-0.39, 0.29) is 17.7 Å². The normalized spacial score (nSPS) is 10.9. The lowest BCUT2D eigenvalue weighted by atomic mass is 10.3. The van der Waals surface area contributed by atoms with Crippen molar-refractivity contribution in [3.05, 3.63) is 83.8 Å². The van der Waals surface area contributed by atoms with Crippen molar-refractivity contribution in [3.8, 4) is 16.4 Å². The molecule has 5 aromatic rings. The summed E-state index contributed by atoms with van der Waals surface area (Å²) in [5.74, 6) is 1.71. The van der Waals surface area contributed by atoms with E-state index in [4.69, 9.17) is 5.73 Å². The summed E-state index contributed by atoms with van der Waals surface area (Å²) in [7, 11) is 0. The van der Waals surface area contributed by atoms with Gasteiger partial charge in [-0.2, -0.15) is 15.0 Å². The molecule has 0 unspecified atom stereocenters. The number of hydrogen-bond acceptors (Lipinski definition) is 9. The van der Waals surface area contributed by atoms with E-state index >= 15 is 0 Å². The van der Waals surface area contributed by atoms with E-state index in [9.17, 15) is 4.39 Å². The Kier molecular flexibility index (Phi) is 5.96. The van der Waals surface area contributed by atoms with Crippen molar-refractivity contribution in [1.29, 1.82) is 0 Å². The molecule has 2 aromatic carbocycles. The maximum absolute atomic E-state index is 13.2. The second kappa shape index (κ2) is 9.35. The number of para-hydroxylation sites is 1. The van der Waals surface area contributed by atoms with E-state index in [0.717, 1.165) is 16.4 Å². The van der Waals surface area contributed by atoms with Crippen LogP contribution in [0, 0.1) is 5.82 Å². The summed E-state index contributed by atoms with van der Waals surface area (Å²) in [4.78, 5) is 13.8. The van der Waals surface area contributed by atoms with Gasteiger partial charge in [-0.05, 0) is 47.8 Å². The summed E-state index contributed by atoms with van der Waals surface area (Å²) in [5.41, 5.74) is 7.50. The van der Waals surface area contributed by atoms with Crippen LogP contribution < -0.4 is 11.1 Å². The Morgan fingerprint density at radius 1 is 0.939 bits per heavy atom. The number of benzene rings is 2. The van der Waals surface area contributed by atoms with Gasteiger partial charge in [-0.15, -0.1) is 21.5 Å². The van der Waals surface area contributed by atoms with Crippen LogP contribution in [0.15, 0.2) is 77.3 Å². The van der Waals surface area contributed by atoms with Gasteiger partial charge in [0.25, 0.3) is 0 Å². The molecule has 0 saturated carbocycles. The van der Waals surface area contributed by atoms with Crippen LogP contribution in [0.4, 0.5) is 22.0 Å². The Morgan fingerprint density at radius 2 is 1.76 bits per heavy atom. The van der Waals surface area contributed by atoms with Crippen molar-refractivity contribution in [2.75, 3.05) is 11.1 Å². The molecule has 0 aliphatic rings. The zero-order valence-corrected chi connectivity index (χ0v) is 18.7. The molecule has 0 aliphatic heterocycles. The van der Waals surface area contributed by atoms with Gasteiger partial charge in [0.15, 0.2) is 11.0 Å². The first-order valence-electron chi connectivity index (χ1n) is 9.86. The Bertz CT molecular complexity index is 1360. The lowest BCUT2D eigenvalue weighted by Gasteiger charge is -2.10. The summed E-state index contributed by atoms with van der Waals surface area (Å²) in [6, 6.07) is 19.8. The van der Waals surface area contributed by atoms with Crippen molar-refractivity contribution >= 4 is 40.7 Å². The average molecular weight is 477 g/mol. The van der Waals surface area contributed by atoms with Crippen molar-refractivity contribution in [3.63, 3.8) is 0 Å². The number of aromatic nitrogens is 6. The highest BCUT2D eigenvalue weighted by Crippen LogP contribution is 2.31. The highest BCUT2D eigenvalue weighted by Gasteiger charge is 2.17. The quantitative estimate of drug-likeness (QED) is 0.318. The third kappa shape index (κ3) is 4.83. The van der Waals surface area contributed by atoms with Gasteiger partial charge in [0, 0.05) is 11.4 Å². The van der Waals surface area contributed by atoms with Crippen LogP contribution in [0.1, 0.15) is 5.82 Å². The molecular formula is C22H17FN8S2. The van der Waals surface area contributed by atoms with E-state index in [1.807, 2.05) is 52.4 Å². The minimum absolute atomic E-state index is 0.0917. The van der Waals surface area contributed by atoms with Crippen LogP contribution in [0.2, 0.25) is 0 Å². The number of thiophene rings is 1. The van der Waals surface area contributed by atoms with Gasteiger partial charge in [0.1, 0.15) is 11.6 Å². The largest absolute Gasteiger partial charge is 0.368 e. The summed E-state index contributed by atoms with van der Waals surface area (Å²) < 4.78 is 15.2. The van der Waals surface area contributed by atoms with Gasteiger partial charge in [-0.25, -0.2) is 4.39 Å². The molecule has 8 nitrogen and oxygen atoms in total. The first kappa shape index (κ1) is 21.0. The highest BCUT2D eigenvalue weighted by molar-refractivity contribution is 7.98. The van der Waals surface area contributed by atoms with Gasteiger partial charge in [-0.1, -0.05) is 36.0 Å². The van der Waals surface area contributed by atoms with Crippen molar-refractivity contribution < 1.29 is 4.39 Å². The predicted octanol–water partition coefficient (Wildman–Crippen LogP) is 4.94. The van der Waals surface area contributed by atoms with Crippen LogP contribution in [0.5, 0.6) is 0 Å². The molecule has 11 heteroatoms. The molecule has 3 heterocycles. The molecule has 0 saturated heterocycles. The van der Waals surface area contributed by atoms with E-state index in [0.29, 0.717) is 22.4 Å². The van der Waals surface area contributed by atoms with Gasteiger partial charge in [0.05, 0.1) is 10.6 Å². The highest BCUT2D eigenvalue weighted by atomic mass is 32.2. The van der Waals surface area contributed by atoms with E-state index < -0.39 is 0 Å². The van der Waals surface area contributed by atoms with Gasteiger partial charge >= 0.3 is 0 Å². The first-order valence-corrected chi connectivity index (χ1v) is 11.7. The molecule has 0 fully saturated rings. The standard InChI is InChI=1S/C22H17FN8S2/c23-14-8-10-15(11-9-14)25-21-27-18(26-20(24)28-21)13-33-22-30-29-19(17-7-4-12-32-17)31(22)16-5-2-1-3-6-16/h1-12H,13H2,(H3,24,25,26,27,28). The third-order valence-corrected chi connectivity index (χ3v) is 6.31. The summed E-state index contributed by atoms with van der Waals surface area (Å²) >= 11 is 3.05. The second-order valence-corrected chi connectivity index (χ2v) is 8.70. The fraction of sp³-hybridized carbons (Fsp3) is 0.0455. The molecular weight excluding hydrogens is 459 g/mol. The molecule has 0 spiro atoms. The number of nitrogens with zero attached hydrogens (tertiary/aromatic N) is 6. The molecule has 33 heavy (non-hydrogen) atoms. The first-order chi connectivity index (χ1) is 16.2. The van der Waals surface area contributed by atoms with E-state index in [1.165, 1.54) is 23.9 Å². The molecule has 0 atom stereocenters. The molecule has 0 amide bonds. The summed E-state index contributed by atoms with van der Waals surface area (Å²) in [6.45, 7) is 0. The molecule has 0 bridgehead atoms. The maximum atomic E-state index is 13.2. The average Bonchev–Trinajstić information content (AvgIpc) is 3.49. The van der Waals surface area contributed by atoms with Crippen molar-refractivity contribution in [2.45, 2.75) is 10.9 Å². The molecule has 0 radical (unpaired) electrons. The fourth-order valence-electron chi connectivity index (χ4n) is 3.09. The number of hydrogen-bond donors (Lipinski definition) is 2. The van der Waals surface area contributed by atoms with Gasteiger partial charge < -0.3 is 11.1 Å². The molecule has 3 N–H and O–H groups in total. The number of nitrogens with one attached hydrogen (secondary N) is 1. The predicted molar refractivity (Wildman–Crippen MR) is 128 cm³/mol. The lowest BCUT2D eigenvalue weighted by Crippen LogP contribution is -2.07. The number of halogens is 1. The Morgan fingerprint density at radius 3 is 2.52 bits per heavy atom. The molecule has 5 rings (SSSR count). The third-order valence-electron chi connectivity index (χ3n) is 4.52. The summed E-state index contributed by atoms with van der Waals surface area (Å²) in [6.07, 6.45) is 0. The minimum atomic E-state index is -0.322. The lowest BCUT2D eigenvalue weighted by molar-refractivity contribution is 0.628. The number of anilines is 3. The van der Waals surface area contributed by atoms with Crippen LogP contribution in [0.3, 0.4) is 0 Å². The minimum Gasteiger partial charge on any atom is -0.368 e. The number of nitrogens with two attached hydrogens (primary N) is 1. The van der Waals surface area contributed by atoms with Gasteiger partial charge in [0.2, 0.25) is 11.9 Å². The Balaban J connectivity index is 1.41. The van der Waals surface area contributed by atoms with Crippen LogP contribution in [-0.4, -0.2) is 29.7 Å². The number of rotatable bonds is 7. The van der Waals surface area contributed by atoms with E-state index in [1.54, 1.807) is 23.5 Å². The van der Waals surface area contributed by atoms with E-state index in [2.05, 4.69) is 30.5 Å².